The monoisotopic (exact) mass is 720 g/mol. The van der Waals surface area contributed by atoms with Crippen molar-refractivity contribution in [3.63, 3.8) is 0 Å². The van der Waals surface area contributed by atoms with Crippen molar-refractivity contribution in [2.75, 3.05) is 0 Å². The van der Waals surface area contributed by atoms with E-state index in [2.05, 4.69) is 206 Å². The molecule has 3 heteroatoms. The normalized spacial score (nSPS) is 11.3. The summed E-state index contributed by atoms with van der Waals surface area (Å²) in [5, 5.41) is 19.4. The minimum Gasteiger partial charge on any atom is -0.192 e. The molecule has 0 radical (unpaired) electrons. The van der Waals surface area contributed by atoms with Crippen LogP contribution in [-0.4, -0.2) is 0 Å². The molecule has 0 aromatic heterocycles. The molecule has 0 heterocycles. The number of hydrogen-bond donors (Lipinski definition) is 0. The molecule has 0 bridgehead atoms. The summed E-state index contributed by atoms with van der Waals surface area (Å²) in [4.78, 5) is 0. The van der Waals surface area contributed by atoms with Gasteiger partial charge in [-0.1, -0.05) is 194 Å². The van der Waals surface area contributed by atoms with Gasteiger partial charge in [-0.05, 0) is 79.9 Å². The first-order valence-corrected chi connectivity index (χ1v) is 19.1. The van der Waals surface area contributed by atoms with Crippen molar-refractivity contribution in [1.82, 2.24) is 0 Å². The molecule has 2 nitrogen and oxygen atoms in total. The summed E-state index contributed by atoms with van der Waals surface area (Å²) in [7, 11) is 0. The Morgan fingerprint density at radius 1 is 0.309 bits per heavy atom. The summed E-state index contributed by atoms with van der Waals surface area (Å²) in [6, 6.07) is 81.3. The molecular weight excluding hydrogens is 685 g/mol. The van der Waals surface area contributed by atoms with Crippen LogP contribution in [-0.2, 0) is 9.49 Å². The lowest BCUT2D eigenvalue weighted by atomic mass is 9.79. The minimum absolute atomic E-state index is 0.625. The van der Waals surface area contributed by atoms with Crippen molar-refractivity contribution in [3.8, 4) is 34.4 Å². The maximum absolute atomic E-state index is 9.70. The van der Waals surface area contributed by atoms with Gasteiger partial charge in [0.2, 0.25) is 0 Å². The lowest BCUT2D eigenvalue weighted by Gasteiger charge is -2.46. The molecule has 0 aliphatic heterocycles. The van der Waals surface area contributed by atoms with E-state index in [-0.39, 0.29) is 0 Å². The second-order valence-electron chi connectivity index (χ2n) is 13.4. The van der Waals surface area contributed by atoms with E-state index in [0.717, 1.165) is 55.6 Å². The molecule has 0 fully saturated rings. The van der Waals surface area contributed by atoms with Crippen LogP contribution in [0.5, 0.6) is 0 Å². The number of nitriles is 2. The van der Waals surface area contributed by atoms with E-state index in [1.165, 1.54) is 0 Å². The molecule has 0 amide bonds. The molecule has 8 aromatic rings. The van der Waals surface area contributed by atoms with Crippen molar-refractivity contribution >= 4 is 11.8 Å². The van der Waals surface area contributed by atoms with E-state index in [1.807, 2.05) is 36.0 Å². The van der Waals surface area contributed by atoms with Gasteiger partial charge in [-0.2, -0.15) is 10.5 Å². The third-order valence-corrected chi connectivity index (χ3v) is 12.3. The van der Waals surface area contributed by atoms with Crippen LogP contribution in [0.25, 0.3) is 22.3 Å². The van der Waals surface area contributed by atoms with E-state index >= 15 is 0 Å². The molecule has 0 aliphatic rings. The smallest absolute Gasteiger partial charge is 0.0991 e. The first-order chi connectivity index (χ1) is 27.2. The Kier molecular flexibility index (Phi) is 9.96. The number of hydrogen-bond acceptors (Lipinski definition) is 3. The third-order valence-electron chi connectivity index (χ3n) is 10.3. The summed E-state index contributed by atoms with van der Waals surface area (Å²) < 4.78 is -1.59. The minimum atomic E-state index is -0.795. The third kappa shape index (κ3) is 6.53. The van der Waals surface area contributed by atoms with Crippen molar-refractivity contribution in [1.29, 1.82) is 10.5 Å². The average molecular weight is 721 g/mol. The highest BCUT2D eigenvalue weighted by Gasteiger charge is 2.50. The number of benzene rings is 8. The highest BCUT2D eigenvalue weighted by Crippen LogP contribution is 2.63. The molecular formula is C52H36N2S. The van der Waals surface area contributed by atoms with Gasteiger partial charge in [0.15, 0.2) is 0 Å². The zero-order valence-corrected chi connectivity index (χ0v) is 30.9. The summed E-state index contributed by atoms with van der Waals surface area (Å²) in [6.07, 6.45) is 0. The van der Waals surface area contributed by atoms with Gasteiger partial charge in [-0.15, -0.1) is 11.8 Å². The van der Waals surface area contributed by atoms with Crippen LogP contribution in [0.2, 0.25) is 0 Å². The van der Waals surface area contributed by atoms with Crippen LogP contribution >= 0.6 is 11.8 Å². The predicted octanol–water partition coefficient (Wildman–Crippen LogP) is 12.8. The lowest BCUT2D eigenvalue weighted by molar-refractivity contribution is 0.834. The fourth-order valence-electron chi connectivity index (χ4n) is 7.75. The van der Waals surface area contributed by atoms with Gasteiger partial charge in [-0.3, -0.25) is 0 Å². The van der Waals surface area contributed by atoms with Gasteiger partial charge in [0.05, 0.1) is 32.8 Å². The maximum Gasteiger partial charge on any atom is 0.0991 e. The van der Waals surface area contributed by atoms with Gasteiger partial charge < -0.3 is 0 Å². The predicted molar refractivity (Wildman–Crippen MR) is 226 cm³/mol. The van der Waals surface area contributed by atoms with Crippen molar-refractivity contribution in [3.05, 3.63) is 263 Å². The molecule has 0 unspecified atom stereocenters. The zero-order valence-electron chi connectivity index (χ0n) is 30.1. The quantitative estimate of drug-likeness (QED) is 0.132. The first kappa shape index (κ1) is 35.1. The van der Waals surface area contributed by atoms with Crippen LogP contribution < -0.4 is 0 Å². The fraction of sp³-hybridized carbons (Fsp3) is 0.0385. The van der Waals surface area contributed by atoms with Gasteiger partial charge >= 0.3 is 0 Å². The summed E-state index contributed by atoms with van der Waals surface area (Å²) in [6.45, 7) is 0. The molecule has 55 heavy (non-hydrogen) atoms. The zero-order chi connectivity index (χ0) is 37.5. The molecule has 0 saturated carbocycles. The number of nitrogens with zero attached hydrogens (tertiary/aromatic N) is 2. The molecule has 0 N–H and O–H groups in total. The highest BCUT2D eigenvalue weighted by atomic mass is 32.2. The Morgan fingerprint density at radius 2 is 0.582 bits per heavy atom. The first-order valence-electron chi connectivity index (χ1n) is 18.3. The van der Waals surface area contributed by atoms with E-state index in [1.54, 1.807) is 0 Å². The van der Waals surface area contributed by atoms with Crippen LogP contribution in [0.1, 0.15) is 44.5 Å². The highest BCUT2D eigenvalue weighted by molar-refractivity contribution is 8.02. The second-order valence-corrected chi connectivity index (χ2v) is 14.8. The van der Waals surface area contributed by atoms with Gasteiger partial charge in [-0.25, -0.2) is 0 Å². The number of rotatable bonds is 10. The van der Waals surface area contributed by atoms with E-state index in [9.17, 15) is 10.5 Å². The van der Waals surface area contributed by atoms with Crippen molar-refractivity contribution in [2.24, 2.45) is 0 Å². The Hall–Kier alpha value is -6.91. The molecule has 0 aliphatic carbocycles. The lowest BCUT2D eigenvalue weighted by Crippen LogP contribution is -2.36. The van der Waals surface area contributed by atoms with Crippen LogP contribution in [0.4, 0.5) is 0 Å². The van der Waals surface area contributed by atoms with E-state index < -0.39 is 9.49 Å². The molecule has 8 aromatic carbocycles. The molecule has 0 atom stereocenters. The van der Waals surface area contributed by atoms with Gasteiger partial charge in [0, 0.05) is 0 Å². The van der Waals surface area contributed by atoms with E-state index in [0.29, 0.717) is 11.1 Å². The summed E-state index contributed by atoms with van der Waals surface area (Å²) in [5.41, 5.74) is 12.3. The summed E-state index contributed by atoms with van der Waals surface area (Å²) in [5.74, 6) is 0. The maximum atomic E-state index is 9.70. The van der Waals surface area contributed by atoms with Gasteiger partial charge in [0.1, 0.15) is 0 Å². The van der Waals surface area contributed by atoms with Gasteiger partial charge in [0.25, 0.3) is 0 Å². The van der Waals surface area contributed by atoms with Crippen LogP contribution in [0.3, 0.4) is 0 Å². The molecule has 0 spiro atoms. The topological polar surface area (TPSA) is 47.6 Å². The fourth-order valence-corrected chi connectivity index (χ4v) is 9.81. The Bertz CT molecular complexity index is 2340. The van der Waals surface area contributed by atoms with Crippen LogP contribution in [0.15, 0.2) is 218 Å². The summed E-state index contributed by atoms with van der Waals surface area (Å²) >= 11 is 1.93. The molecule has 0 saturated heterocycles. The van der Waals surface area contributed by atoms with Crippen molar-refractivity contribution < 1.29 is 0 Å². The standard InChI is InChI=1S/C52H36N2S/c53-37-39-29-33-41(34-30-39)47-25-13-15-27-49(47)51(43-17-5-1-6-18-43,44-19-7-2-8-20-44)55-52(45-21-9-3-10-22-45,46-23-11-4-12-24-46)50-28-16-14-26-48(50)42-35-31-40(38-54)32-36-42/h1-36H. The average Bonchev–Trinajstić information content (AvgIpc) is 3.28. The molecule has 260 valence electrons. The Labute approximate surface area is 327 Å². The molecule has 8 rings (SSSR count). The second kappa shape index (κ2) is 15.6. The number of thioether (sulfide) groups is 1. The van der Waals surface area contributed by atoms with Crippen LogP contribution in [0, 0.1) is 22.7 Å². The largest absolute Gasteiger partial charge is 0.192 e. The Balaban J connectivity index is 1.54. The van der Waals surface area contributed by atoms with E-state index in [4.69, 9.17) is 0 Å². The van der Waals surface area contributed by atoms with Crippen molar-refractivity contribution in [2.45, 2.75) is 9.49 Å². The Morgan fingerprint density at radius 3 is 0.873 bits per heavy atom. The SMILES string of the molecule is N#Cc1ccc(-c2ccccc2C(SC(c2ccccc2)(c2ccccc2)c2ccccc2-c2ccc(C#N)cc2)(c2ccccc2)c2ccccc2)cc1.